The Hall–Kier alpha value is -3.81. The summed E-state index contributed by atoms with van der Waals surface area (Å²) in [5.41, 5.74) is 1.68. The van der Waals surface area contributed by atoms with Gasteiger partial charge in [-0.2, -0.15) is 0 Å². The minimum atomic E-state index is -1.06. The van der Waals surface area contributed by atoms with Gasteiger partial charge in [-0.25, -0.2) is 9.18 Å². The van der Waals surface area contributed by atoms with Gasteiger partial charge in [-0.15, -0.1) is 0 Å². The first-order valence-electron chi connectivity index (χ1n) is 9.50. The molecule has 0 radical (unpaired) electrons. The number of rotatable bonds is 8. The van der Waals surface area contributed by atoms with E-state index in [-0.39, 0.29) is 18.0 Å². The number of aliphatic hydroxyl groups excluding tert-OH is 1. The summed E-state index contributed by atoms with van der Waals surface area (Å²) in [6.07, 6.45) is 2.43. The second-order valence-electron chi connectivity index (χ2n) is 6.61. The molecule has 0 bridgehead atoms. The smallest absolute Gasteiger partial charge is 0.379 e. The van der Waals surface area contributed by atoms with Gasteiger partial charge in [0, 0.05) is 24.4 Å². The number of nitrogens with zero attached hydrogens (tertiary/aromatic N) is 1. The fourth-order valence-electron chi connectivity index (χ4n) is 3.29. The molecule has 31 heavy (non-hydrogen) atoms. The van der Waals surface area contributed by atoms with E-state index in [2.05, 4.69) is 4.74 Å². The number of hydrogen-bond donors (Lipinski definition) is 1. The number of fused-ring (bicyclic) bond motifs is 1. The van der Waals surface area contributed by atoms with Crippen molar-refractivity contribution in [2.75, 3.05) is 20.8 Å². The number of hydrogen-bond acceptors (Lipinski definition) is 6. The second-order valence-corrected chi connectivity index (χ2v) is 6.61. The van der Waals surface area contributed by atoms with Crippen molar-refractivity contribution >= 4 is 28.4 Å². The number of halogens is 1. The monoisotopic (exact) mass is 427 g/mol. The maximum absolute atomic E-state index is 13.3. The lowest BCUT2D eigenvalue weighted by Crippen LogP contribution is -2.15. The van der Waals surface area contributed by atoms with Gasteiger partial charge in [-0.05, 0) is 36.8 Å². The van der Waals surface area contributed by atoms with Crippen LogP contribution in [0, 0.1) is 5.82 Å². The highest BCUT2D eigenvalue weighted by molar-refractivity contribution is 6.39. The lowest BCUT2D eigenvalue weighted by Gasteiger charge is -2.11. The first-order chi connectivity index (χ1) is 14.9. The zero-order chi connectivity index (χ0) is 22.5. The molecule has 0 aliphatic rings. The Morgan fingerprint density at radius 3 is 2.32 bits per heavy atom. The molecule has 0 saturated carbocycles. The predicted octanol–water partition coefficient (Wildman–Crippen LogP) is 3.88. The van der Waals surface area contributed by atoms with Crippen LogP contribution < -0.4 is 9.47 Å². The standard InChI is InChI=1S/C23H22FNO6/c1-4-31-23(28)18(27)11-17(26)16-13-25(12-14-5-7-15(24)8-6-14)22-20(30-3)10-9-19(29-2)21(16)22/h5-11,13,26H,4,12H2,1-3H3/b17-11-. The van der Waals surface area contributed by atoms with Crippen LogP contribution in [0.15, 0.2) is 48.7 Å². The molecular formula is C23H22FNO6. The zero-order valence-corrected chi connectivity index (χ0v) is 17.3. The normalized spacial score (nSPS) is 11.4. The van der Waals surface area contributed by atoms with Crippen molar-refractivity contribution < 1.29 is 33.3 Å². The van der Waals surface area contributed by atoms with E-state index in [0.29, 0.717) is 28.9 Å². The fourth-order valence-corrected chi connectivity index (χ4v) is 3.29. The zero-order valence-electron chi connectivity index (χ0n) is 17.3. The molecule has 1 heterocycles. The molecule has 3 aromatic rings. The number of carbonyl (C=O) groups is 2. The molecule has 162 valence electrons. The van der Waals surface area contributed by atoms with Gasteiger partial charge in [0.1, 0.15) is 23.1 Å². The number of ether oxygens (including phenoxy) is 3. The molecule has 0 atom stereocenters. The molecule has 0 fully saturated rings. The van der Waals surface area contributed by atoms with Crippen LogP contribution >= 0.6 is 0 Å². The quantitative estimate of drug-likeness (QED) is 0.254. The van der Waals surface area contributed by atoms with E-state index in [1.54, 1.807) is 42.0 Å². The van der Waals surface area contributed by atoms with Gasteiger partial charge in [0.2, 0.25) is 0 Å². The van der Waals surface area contributed by atoms with Crippen LogP contribution in [0.25, 0.3) is 16.7 Å². The molecule has 2 aromatic carbocycles. The maximum Gasteiger partial charge on any atom is 0.379 e. The second kappa shape index (κ2) is 9.34. The molecule has 0 saturated heterocycles. The molecule has 1 N–H and O–H groups in total. The SMILES string of the molecule is CCOC(=O)C(=O)/C=C(\O)c1cn(Cc2ccc(F)cc2)c2c(OC)ccc(OC)c12. The molecule has 3 rings (SSSR count). The van der Waals surface area contributed by atoms with E-state index in [1.165, 1.54) is 26.4 Å². The Morgan fingerprint density at radius 2 is 1.71 bits per heavy atom. The summed E-state index contributed by atoms with van der Waals surface area (Å²) >= 11 is 0. The fraction of sp³-hybridized carbons (Fsp3) is 0.217. The highest BCUT2D eigenvalue weighted by Gasteiger charge is 2.22. The first kappa shape index (κ1) is 21.9. The first-order valence-corrected chi connectivity index (χ1v) is 9.50. The molecule has 0 aliphatic heterocycles. The van der Waals surface area contributed by atoms with Crippen molar-refractivity contribution in [2.24, 2.45) is 0 Å². The third-order valence-electron chi connectivity index (χ3n) is 4.67. The van der Waals surface area contributed by atoms with E-state index in [0.717, 1.165) is 11.6 Å². The summed E-state index contributed by atoms with van der Waals surface area (Å²) < 4.78 is 30.7. The molecule has 0 unspecified atom stereocenters. The molecule has 7 nitrogen and oxygen atoms in total. The van der Waals surface area contributed by atoms with Gasteiger partial charge < -0.3 is 23.9 Å². The topological polar surface area (TPSA) is 87.0 Å². The number of esters is 1. The van der Waals surface area contributed by atoms with Crippen LogP contribution in [-0.4, -0.2) is 42.3 Å². The van der Waals surface area contributed by atoms with E-state index in [1.807, 2.05) is 0 Å². The summed E-state index contributed by atoms with van der Waals surface area (Å²) in [5.74, 6) is -1.87. The average Bonchev–Trinajstić information content (AvgIpc) is 3.14. The van der Waals surface area contributed by atoms with Crippen LogP contribution in [0.4, 0.5) is 4.39 Å². The Labute approximate surface area is 178 Å². The van der Waals surface area contributed by atoms with Crippen molar-refractivity contribution in [2.45, 2.75) is 13.5 Å². The molecule has 0 spiro atoms. The van der Waals surface area contributed by atoms with Gasteiger partial charge in [0.15, 0.2) is 0 Å². The number of ketones is 1. The number of aliphatic hydroxyl groups is 1. The summed E-state index contributed by atoms with van der Waals surface area (Å²) in [4.78, 5) is 23.7. The van der Waals surface area contributed by atoms with Gasteiger partial charge in [0.05, 0.1) is 31.7 Å². The predicted molar refractivity (Wildman–Crippen MR) is 113 cm³/mol. The minimum Gasteiger partial charge on any atom is -0.507 e. The molecule has 1 aromatic heterocycles. The average molecular weight is 427 g/mol. The Bertz CT molecular complexity index is 1150. The number of benzene rings is 2. The summed E-state index contributed by atoms with van der Waals surface area (Å²) in [7, 11) is 2.99. The number of aromatic nitrogens is 1. The van der Waals surface area contributed by atoms with Crippen LogP contribution in [0.5, 0.6) is 11.5 Å². The Balaban J connectivity index is 2.18. The third-order valence-corrected chi connectivity index (χ3v) is 4.67. The maximum atomic E-state index is 13.3. The van der Waals surface area contributed by atoms with Gasteiger partial charge in [-0.3, -0.25) is 4.79 Å². The number of methoxy groups -OCH3 is 2. The lowest BCUT2D eigenvalue weighted by molar-refractivity contribution is -0.151. The Kier molecular flexibility index (Phi) is 6.59. The highest BCUT2D eigenvalue weighted by atomic mass is 19.1. The van der Waals surface area contributed by atoms with Crippen molar-refractivity contribution in [1.29, 1.82) is 0 Å². The van der Waals surface area contributed by atoms with E-state index >= 15 is 0 Å². The molecule has 8 heteroatoms. The summed E-state index contributed by atoms with van der Waals surface area (Å²) in [6, 6.07) is 9.40. The number of carbonyl (C=O) groups excluding carboxylic acids is 2. The minimum absolute atomic E-state index is 0.0428. The van der Waals surface area contributed by atoms with E-state index in [4.69, 9.17) is 9.47 Å². The van der Waals surface area contributed by atoms with Crippen LogP contribution in [0.1, 0.15) is 18.1 Å². The molecular weight excluding hydrogens is 405 g/mol. The van der Waals surface area contributed by atoms with Crippen molar-refractivity contribution in [3.63, 3.8) is 0 Å². The molecule has 0 amide bonds. The van der Waals surface area contributed by atoms with Crippen LogP contribution in [0.2, 0.25) is 0 Å². The van der Waals surface area contributed by atoms with Crippen LogP contribution in [-0.2, 0) is 20.9 Å². The van der Waals surface area contributed by atoms with Crippen molar-refractivity contribution in [3.8, 4) is 11.5 Å². The van der Waals surface area contributed by atoms with Crippen molar-refractivity contribution in [1.82, 2.24) is 4.57 Å². The van der Waals surface area contributed by atoms with Gasteiger partial charge in [0.25, 0.3) is 5.78 Å². The van der Waals surface area contributed by atoms with Gasteiger partial charge >= 0.3 is 5.97 Å². The largest absolute Gasteiger partial charge is 0.507 e. The molecule has 0 aliphatic carbocycles. The van der Waals surface area contributed by atoms with Gasteiger partial charge in [-0.1, -0.05) is 12.1 Å². The Morgan fingerprint density at radius 1 is 1.06 bits per heavy atom. The highest BCUT2D eigenvalue weighted by Crippen LogP contribution is 2.39. The van der Waals surface area contributed by atoms with Crippen LogP contribution in [0.3, 0.4) is 0 Å². The van der Waals surface area contributed by atoms with Crippen molar-refractivity contribution in [3.05, 3.63) is 65.6 Å². The lowest BCUT2D eigenvalue weighted by atomic mass is 10.1. The van der Waals surface area contributed by atoms with E-state index in [9.17, 15) is 19.1 Å². The summed E-state index contributed by atoms with van der Waals surface area (Å²) in [6.45, 7) is 1.95. The summed E-state index contributed by atoms with van der Waals surface area (Å²) in [5, 5.41) is 11.2. The third kappa shape index (κ3) is 4.53. The van der Waals surface area contributed by atoms with E-state index < -0.39 is 17.5 Å².